The van der Waals surface area contributed by atoms with Gasteiger partial charge in [0.25, 0.3) is 0 Å². The van der Waals surface area contributed by atoms with Crippen molar-refractivity contribution in [3.63, 3.8) is 0 Å². The zero-order chi connectivity index (χ0) is 9.84. The highest BCUT2D eigenvalue weighted by molar-refractivity contribution is 5.88. The van der Waals surface area contributed by atoms with Crippen LogP contribution >= 0.6 is 0 Å². The van der Waals surface area contributed by atoms with E-state index < -0.39 is 6.03 Å². The van der Waals surface area contributed by atoms with Crippen molar-refractivity contribution in [1.82, 2.24) is 0 Å². The lowest BCUT2D eigenvalue weighted by molar-refractivity contribution is 0.259. The Labute approximate surface area is 77.9 Å². The van der Waals surface area contributed by atoms with Gasteiger partial charge in [0.15, 0.2) is 0 Å². The number of benzene rings is 1. The predicted octanol–water partition coefficient (Wildman–Crippen LogP) is 2.05. The second-order valence-corrected chi connectivity index (χ2v) is 2.99. The third kappa shape index (κ3) is 2.47. The molecule has 0 aliphatic carbocycles. The van der Waals surface area contributed by atoms with E-state index in [1.807, 2.05) is 25.1 Å². The molecule has 3 nitrogen and oxygen atoms in total. The van der Waals surface area contributed by atoms with Gasteiger partial charge in [-0.1, -0.05) is 19.1 Å². The molecule has 0 saturated heterocycles. The minimum atomic E-state index is -0.517. The number of rotatable bonds is 2. The summed E-state index contributed by atoms with van der Waals surface area (Å²) in [5.41, 5.74) is 8.05. The highest BCUT2D eigenvalue weighted by atomic mass is 16.2. The zero-order valence-electron chi connectivity index (χ0n) is 7.92. The number of hydrogen-bond acceptors (Lipinski definition) is 1. The molecule has 0 spiro atoms. The molecule has 0 radical (unpaired) electrons. The first-order valence-electron chi connectivity index (χ1n) is 4.29. The minimum absolute atomic E-state index is 0.517. The summed E-state index contributed by atoms with van der Waals surface area (Å²) in [5.74, 6) is 0. The summed E-state index contributed by atoms with van der Waals surface area (Å²) in [4.78, 5) is 10.6. The monoisotopic (exact) mass is 178 g/mol. The Kier molecular flexibility index (Phi) is 2.90. The van der Waals surface area contributed by atoms with Crippen LogP contribution in [0.25, 0.3) is 0 Å². The zero-order valence-corrected chi connectivity index (χ0v) is 7.92. The molecule has 0 aliphatic heterocycles. The number of anilines is 1. The average Bonchev–Trinajstić information content (AvgIpc) is 2.08. The molecule has 1 rings (SSSR count). The van der Waals surface area contributed by atoms with Gasteiger partial charge in [0.2, 0.25) is 0 Å². The van der Waals surface area contributed by atoms with Crippen LogP contribution in [0.4, 0.5) is 10.5 Å². The van der Waals surface area contributed by atoms with Crippen LogP contribution in [-0.2, 0) is 6.42 Å². The molecule has 3 heteroatoms. The van der Waals surface area contributed by atoms with Crippen LogP contribution in [-0.4, -0.2) is 6.03 Å². The summed E-state index contributed by atoms with van der Waals surface area (Å²) in [5, 5.41) is 2.59. The van der Waals surface area contributed by atoms with Crippen LogP contribution in [0.15, 0.2) is 18.2 Å². The molecule has 70 valence electrons. The van der Waals surface area contributed by atoms with Crippen molar-refractivity contribution in [3.8, 4) is 0 Å². The smallest absolute Gasteiger partial charge is 0.316 e. The van der Waals surface area contributed by atoms with Crippen LogP contribution in [0.3, 0.4) is 0 Å². The van der Waals surface area contributed by atoms with E-state index in [2.05, 4.69) is 12.2 Å². The van der Waals surface area contributed by atoms with Gasteiger partial charge in [0.1, 0.15) is 0 Å². The molecule has 1 aromatic rings. The molecule has 3 N–H and O–H groups in total. The first kappa shape index (κ1) is 9.58. The normalized spacial score (nSPS) is 9.69. The van der Waals surface area contributed by atoms with Crippen molar-refractivity contribution in [2.75, 3.05) is 5.32 Å². The fraction of sp³-hybridized carbons (Fsp3) is 0.300. The Morgan fingerprint density at radius 2 is 2.23 bits per heavy atom. The third-order valence-electron chi connectivity index (χ3n) is 1.97. The Morgan fingerprint density at radius 1 is 1.54 bits per heavy atom. The van der Waals surface area contributed by atoms with E-state index in [0.717, 1.165) is 17.7 Å². The maximum atomic E-state index is 10.6. The van der Waals surface area contributed by atoms with Gasteiger partial charge in [0, 0.05) is 5.69 Å². The lowest BCUT2D eigenvalue weighted by atomic mass is 10.1. The fourth-order valence-corrected chi connectivity index (χ4v) is 1.16. The molecule has 13 heavy (non-hydrogen) atoms. The van der Waals surface area contributed by atoms with Gasteiger partial charge in [-0.05, 0) is 30.5 Å². The fourth-order valence-electron chi connectivity index (χ4n) is 1.16. The first-order chi connectivity index (χ1) is 6.13. The molecule has 0 fully saturated rings. The van der Waals surface area contributed by atoms with Gasteiger partial charge in [-0.15, -0.1) is 0 Å². The van der Waals surface area contributed by atoms with Gasteiger partial charge in [-0.3, -0.25) is 0 Å². The Morgan fingerprint density at radius 3 is 2.77 bits per heavy atom. The van der Waals surface area contributed by atoms with Crippen molar-refractivity contribution in [2.45, 2.75) is 20.3 Å². The Bertz CT molecular complexity index is 321. The largest absolute Gasteiger partial charge is 0.351 e. The lowest BCUT2D eigenvalue weighted by Gasteiger charge is -2.07. The van der Waals surface area contributed by atoms with E-state index in [9.17, 15) is 4.79 Å². The van der Waals surface area contributed by atoms with E-state index in [4.69, 9.17) is 5.73 Å². The highest BCUT2D eigenvalue weighted by Gasteiger charge is 2.00. The number of nitrogens with two attached hydrogens (primary N) is 1. The maximum absolute atomic E-state index is 10.6. The molecule has 1 aromatic carbocycles. The standard InChI is InChI=1S/C10H14N2O/c1-3-8-5-4-7(2)9(6-8)12-10(11)13/h4-6H,3H2,1-2H3,(H3,11,12,13). The van der Waals surface area contributed by atoms with Crippen LogP contribution < -0.4 is 11.1 Å². The highest BCUT2D eigenvalue weighted by Crippen LogP contribution is 2.16. The van der Waals surface area contributed by atoms with Crippen molar-refractivity contribution in [2.24, 2.45) is 5.73 Å². The number of urea groups is 1. The summed E-state index contributed by atoms with van der Waals surface area (Å²) >= 11 is 0. The van der Waals surface area contributed by atoms with Crippen LogP contribution in [0.5, 0.6) is 0 Å². The summed E-state index contributed by atoms with van der Waals surface area (Å²) in [6.45, 7) is 4.00. The van der Waals surface area contributed by atoms with Crippen LogP contribution in [0, 0.1) is 6.92 Å². The SMILES string of the molecule is CCc1ccc(C)c(NC(N)=O)c1. The number of carbonyl (C=O) groups excluding carboxylic acids is 1. The molecule has 0 aromatic heterocycles. The topological polar surface area (TPSA) is 55.1 Å². The van der Waals surface area contributed by atoms with Crippen molar-refractivity contribution in [1.29, 1.82) is 0 Å². The number of amides is 2. The van der Waals surface area contributed by atoms with E-state index >= 15 is 0 Å². The molecule has 0 bridgehead atoms. The predicted molar refractivity (Wildman–Crippen MR) is 53.8 cm³/mol. The lowest BCUT2D eigenvalue weighted by Crippen LogP contribution is -2.19. The molecular formula is C10H14N2O. The molecule has 0 saturated carbocycles. The molecule has 0 aliphatic rings. The second kappa shape index (κ2) is 3.94. The molecule has 0 unspecified atom stereocenters. The van der Waals surface area contributed by atoms with Crippen molar-refractivity contribution < 1.29 is 4.79 Å². The van der Waals surface area contributed by atoms with Crippen LogP contribution in [0.2, 0.25) is 0 Å². The molecule has 0 heterocycles. The minimum Gasteiger partial charge on any atom is -0.351 e. The number of nitrogens with one attached hydrogen (secondary N) is 1. The van der Waals surface area contributed by atoms with Gasteiger partial charge in [-0.25, -0.2) is 4.79 Å². The van der Waals surface area contributed by atoms with Crippen LogP contribution in [0.1, 0.15) is 18.1 Å². The van der Waals surface area contributed by atoms with Crippen molar-refractivity contribution in [3.05, 3.63) is 29.3 Å². The van der Waals surface area contributed by atoms with E-state index in [1.54, 1.807) is 0 Å². The van der Waals surface area contributed by atoms with Crippen molar-refractivity contribution >= 4 is 11.7 Å². The van der Waals surface area contributed by atoms with E-state index in [-0.39, 0.29) is 0 Å². The third-order valence-corrected chi connectivity index (χ3v) is 1.97. The van der Waals surface area contributed by atoms with Gasteiger partial charge in [0.05, 0.1) is 0 Å². The Hall–Kier alpha value is -1.51. The average molecular weight is 178 g/mol. The number of primary amides is 1. The second-order valence-electron chi connectivity index (χ2n) is 2.99. The van der Waals surface area contributed by atoms with Gasteiger partial charge >= 0.3 is 6.03 Å². The summed E-state index contributed by atoms with van der Waals surface area (Å²) in [6.07, 6.45) is 0.952. The summed E-state index contributed by atoms with van der Waals surface area (Å²) in [6, 6.07) is 5.45. The van der Waals surface area contributed by atoms with E-state index in [1.165, 1.54) is 5.56 Å². The molecule has 0 atom stereocenters. The van der Waals surface area contributed by atoms with E-state index in [0.29, 0.717) is 0 Å². The number of hydrogen-bond donors (Lipinski definition) is 2. The first-order valence-corrected chi connectivity index (χ1v) is 4.29. The number of aryl methyl sites for hydroxylation is 2. The van der Waals surface area contributed by atoms with Gasteiger partial charge < -0.3 is 11.1 Å². The quantitative estimate of drug-likeness (QED) is 0.715. The Balaban J connectivity index is 2.96. The maximum Gasteiger partial charge on any atom is 0.316 e. The molecular weight excluding hydrogens is 164 g/mol. The summed E-state index contributed by atoms with van der Waals surface area (Å²) in [7, 11) is 0. The number of carbonyl (C=O) groups is 1. The van der Waals surface area contributed by atoms with Gasteiger partial charge in [-0.2, -0.15) is 0 Å². The summed E-state index contributed by atoms with van der Waals surface area (Å²) < 4.78 is 0. The molecule has 2 amide bonds.